The predicted molar refractivity (Wildman–Crippen MR) is 94.9 cm³/mol. The Morgan fingerprint density at radius 2 is 1.97 bits per heavy atom. The number of rotatable bonds is 3. The lowest BCUT2D eigenvalue weighted by Gasteiger charge is -2.08. The highest BCUT2D eigenvalue weighted by atomic mass is 19.4. The van der Waals surface area contributed by atoms with E-state index in [9.17, 15) is 22.8 Å². The fourth-order valence-corrected chi connectivity index (χ4v) is 3.15. The molecule has 1 atom stereocenters. The number of aliphatic imine (C=N–C) groups is 1. The minimum atomic E-state index is -4.80. The number of hydrogen-bond donors (Lipinski definition) is 2. The maximum absolute atomic E-state index is 13.6. The van der Waals surface area contributed by atoms with Gasteiger partial charge in [0.1, 0.15) is 17.8 Å². The molecule has 0 bridgehead atoms. The third-order valence-corrected chi connectivity index (χ3v) is 4.45. The zero-order valence-corrected chi connectivity index (χ0v) is 14.8. The van der Waals surface area contributed by atoms with Crippen LogP contribution in [0.15, 0.2) is 40.1 Å². The van der Waals surface area contributed by atoms with Crippen LogP contribution in [0.3, 0.4) is 0 Å². The molecule has 0 fully saturated rings. The molecule has 2 N–H and O–H groups in total. The molecule has 0 saturated heterocycles. The fraction of sp³-hybridized carbons (Fsp3) is 0.222. The van der Waals surface area contributed by atoms with E-state index in [0.29, 0.717) is 4.52 Å². The lowest BCUT2D eigenvalue weighted by Crippen LogP contribution is -2.26. The highest BCUT2D eigenvalue weighted by Crippen LogP contribution is 2.38. The smallest absolute Gasteiger partial charge is 0.435 e. The van der Waals surface area contributed by atoms with Crippen molar-refractivity contribution in [3.05, 3.63) is 57.6 Å². The summed E-state index contributed by atoms with van der Waals surface area (Å²) >= 11 is 0. The Morgan fingerprint density at radius 3 is 2.55 bits per heavy atom. The molecule has 4 rings (SSSR count). The average Bonchev–Trinajstić information content (AvgIpc) is 3.27. The summed E-state index contributed by atoms with van der Waals surface area (Å²) in [4.78, 5) is 30.6. The molecular weight excluding hydrogens is 393 g/mol. The van der Waals surface area contributed by atoms with Gasteiger partial charge in [-0.3, -0.25) is 4.79 Å². The number of nitrogens with zero attached hydrogens (tertiary/aromatic N) is 3. The Labute approximate surface area is 160 Å². The SMILES string of the molecule is Cc1[nH]c2c(-c3ccccc3)c(C(F)(F)F)nn2c(=O)c1C1=NC(C(=O)O)CO1. The lowest BCUT2D eigenvalue weighted by atomic mass is 10.1. The van der Waals surface area contributed by atoms with Crippen LogP contribution >= 0.6 is 0 Å². The molecule has 3 aromatic rings. The van der Waals surface area contributed by atoms with Gasteiger partial charge in [0.25, 0.3) is 5.56 Å². The molecule has 1 aliphatic heterocycles. The number of carboxylic acids is 1. The highest BCUT2D eigenvalue weighted by Gasteiger charge is 2.40. The van der Waals surface area contributed by atoms with Crippen molar-refractivity contribution in [1.82, 2.24) is 14.6 Å². The van der Waals surface area contributed by atoms with E-state index < -0.39 is 29.4 Å². The van der Waals surface area contributed by atoms with Gasteiger partial charge in [-0.25, -0.2) is 9.79 Å². The minimum absolute atomic E-state index is 0.136. The normalized spacial score (nSPS) is 16.7. The number of H-pyrrole nitrogens is 1. The first-order valence-electron chi connectivity index (χ1n) is 8.40. The van der Waals surface area contributed by atoms with Gasteiger partial charge in [0.15, 0.2) is 11.7 Å². The van der Waals surface area contributed by atoms with Gasteiger partial charge >= 0.3 is 12.1 Å². The van der Waals surface area contributed by atoms with Gasteiger partial charge in [0.05, 0.1) is 5.56 Å². The van der Waals surface area contributed by atoms with Crippen molar-refractivity contribution in [3.8, 4) is 11.1 Å². The van der Waals surface area contributed by atoms with Crippen molar-refractivity contribution in [1.29, 1.82) is 0 Å². The van der Waals surface area contributed by atoms with Gasteiger partial charge in [-0.1, -0.05) is 30.3 Å². The number of aliphatic carboxylic acids is 1. The molecule has 0 radical (unpaired) electrons. The quantitative estimate of drug-likeness (QED) is 0.694. The number of carboxylic acid groups (broad SMARTS) is 1. The fourth-order valence-electron chi connectivity index (χ4n) is 3.15. The topological polar surface area (TPSA) is 109 Å². The predicted octanol–water partition coefficient (Wildman–Crippen LogP) is 2.25. The summed E-state index contributed by atoms with van der Waals surface area (Å²) in [5, 5.41) is 12.5. The van der Waals surface area contributed by atoms with Crippen molar-refractivity contribution < 1.29 is 27.8 Å². The first kappa shape index (κ1) is 18.7. The van der Waals surface area contributed by atoms with Crippen molar-refractivity contribution >= 4 is 17.5 Å². The molecule has 0 saturated carbocycles. The molecule has 150 valence electrons. The van der Waals surface area contributed by atoms with Crippen LogP contribution in [0, 0.1) is 6.92 Å². The molecule has 2 aromatic heterocycles. The Kier molecular flexibility index (Phi) is 4.17. The average molecular weight is 406 g/mol. The Morgan fingerprint density at radius 1 is 1.28 bits per heavy atom. The standard InChI is InChI=1S/C18H13F3N4O4/c1-8-11(15-23-10(7-29-15)17(27)28)16(26)25-14(22-8)12(9-5-3-2-4-6-9)13(24-25)18(19,20)21/h2-6,10,22H,7H2,1H3,(H,27,28). The summed E-state index contributed by atoms with van der Waals surface area (Å²) < 4.78 is 46.7. The third kappa shape index (κ3) is 3.04. The number of aromatic nitrogens is 3. The van der Waals surface area contributed by atoms with Gasteiger partial charge in [0, 0.05) is 5.69 Å². The molecule has 0 amide bonds. The van der Waals surface area contributed by atoms with E-state index in [1.165, 1.54) is 19.1 Å². The molecule has 1 aromatic carbocycles. The van der Waals surface area contributed by atoms with Crippen LogP contribution in [0.2, 0.25) is 0 Å². The van der Waals surface area contributed by atoms with Crippen LogP contribution in [0.1, 0.15) is 17.0 Å². The monoisotopic (exact) mass is 406 g/mol. The van der Waals surface area contributed by atoms with Crippen molar-refractivity contribution in [2.45, 2.75) is 19.1 Å². The zero-order chi connectivity index (χ0) is 20.9. The van der Waals surface area contributed by atoms with E-state index in [-0.39, 0.29) is 40.5 Å². The molecule has 0 spiro atoms. The molecule has 3 heterocycles. The summed E-state index contributed by atoms with van der Waals surface area (Å²) in [6.45, 7) is 1.19. The van der Waals surface area contributed by atoms with Crippen LogP contribution in [0.5, 0.6) is 0 Å². The maximum atomic E-state index is 13.6. The number of fused-ring (bicyclic) bond motifs is 1. The number of benzene rings is 1. The second-order valence-electron chi connectivity index (χ2n) is 6.38. The Balaban J connectivity index is 2.01. The van der Waals surface area contributed by atoms with Crippen molar-refractivity contribution in [2.24, 2.45) is 4.99 Å². The summed E-state index contributed by atoms with van der Waals surface area (Å²) in [6.07, 6.45) is -4.80. The molecule has 1 unspecified atom stereocenters. The Bertz CT molecular complexity index is 1210. The second-order valence-corrected chi connectivity index (χ2v) is 6.38. The number of aryl methyl sites for hydroxylation is 1. The van der Waals surface area contributed by atoms with Gasteiger partial charge in [0.2, 0.25) is 5.90 Å². The molecule has 29 heavy (non-hydrogen) atoms. The largest absolute Gasteiger partial charge is 0.480 e. The third-order valence-electron chi connectivity index (χ3n) is 4.45. The first-order valence-corrected chi connectivity index (χ1v) is 8.40. The number of ether oxygens (including phenoxy) is 1. The van der Waals surface area contributed by atoms with Crippen LogP contribution < -0.4 is 5.56 Å². The van der Waals surface area contributed by atoms with E-state index in [1.807, 2.05) is 0 Å². The molecule has 1 aliphatic rings. The number of alkyl halides is 3. The van der Waals surface area contributed by atoms with Gasteiger partial charge < -0.3 is 14.8 Å². The number of carbonyl (C=O) groups is 1. The van der Waals surface area contributed by atoms with Crippen molar-refractivity contribution in [2.75, 3.05) is 6.61 Å². The lowest BCUT2D eigenvalue weighted by molar-refractivity contribution is -0.141. The maximum Gasteiger partial charge on any atom is 0.435 e. The van der Waals surface area contributed by atoms with Crippen LogP contribution in [-0.2, 0) is 15.7 Å². The van der Waals surface area contributed by atoms with E-state index in [4.69, 9.17) is 9.84 Å². The molecule has 0 aliphatic carbocycles. The van der Waals surface area contributed by atoms with Gasteiger partial charge in [-0.05, 0) is 12.5 Å². The Hall–Kier alpha value is -3.63. The van der Waals surface area contributed by atoms with E-state index in [1.54, 1.807) is 18.2 Å². The minimum Gasteiger partial charge on any atom is -0.480 e. The van der Waals surface area contributed by atoms with Crippen molar-refractivity contribution in [3.63, 3.8) is 0 Å². The highest BCUT2D eigenvalue weighted by molar-refractivity contribution is 5.98. The summed E-state index contributed by atoms with van der Waals surface area (Å²) in [7, 11) is 0. The number of hydrogen-bond acceptors (Lipinski definition) is 5. The van der Waals surface area contributed by atoms with Crippen LogP contribution in [0.25, 0.3) is 16.8 Å². The zero-order valence-electron chi connectivity index (χ0n) is 14.8. The number of aromatic amines is 1. The molecular formula is C18H13F3N4O4. The molecule has 8 nitrogen and oxygen atoms in total. The van der Waals surface area contributed by atoms with Crippen LogP contribution in [0.4, 0.5) is 13.2 Å². The molecule has 11 heteroatoms. The first-order chi connectivity index (χ1) is 13.7. The van der Waals surface area contributed by atoms with E-state index in [2.05, 4.69) is 15.1 Å². The van der Waals surface area contributed by atoms with Gasteiger partial charge in [-0.15, -0.1) is 0 Å². The summed E-state index contributed by atoms with van der Waals surface area (Å²) in [5.74, 6) is -1.48. The summed E-state index contributed by atoms with van der Waals surface area (Å²) in [5.41, 5.74) is -2.26. The number of nitrogens with one attached hydrogen (secondary N) is 1. The summed E-state index contributed by atoms with van der Waals surface area (Å²) in [6, 6.07) is 6.58. The number of halogens is 3. The van der Waals surface area contributed by atoms with E-state index >= 15 is 0 Å². The van der Waals surface area contributed by atoms with E-state index in [0.717, 1.165) is 0 Å². The van der Waals surface area contributed by atoms with Gasteiger partial charge in [-0.2, -0.15) is 22.8 Å². The van der Waals surface area contributed by atoms with Crippen LogP contribution in [-0.4, -0.2) is 44.2 Å². The second kappa shape index (κ2) is 6.47.